The minimum Gasteiger partial charge on any atom is -0.465 e. The topological polar surface area (TPSA) is 55.8 Å². The van der Waals surface area contributed by atoms with Crippen LogP contribution in [0, 0.1) is 0 Å². The molecule has 0 aliphatic heterocycles. The first-order valence-electron chi connectivity index (χ1n) is 8.69. The monoisotopic (exact) mass is 415 g/mol. The highest BCUT2D eigenvalue weighted by molar-refractivity contribution is 8.93. The second-order valence-electron chi connectivity index (χ2n) is 5.51. The smallest absolute Gasteiger partial charge is 0.328 e. The molecule has 5 nitrogen and oxygen atoms in total. The Labute approximate surface area is 161 Å². The number of nitrogens with zero attached hydrogens (tertiary/aromatic N) is 1. The molecule has 0 saturated carbocycles. The summed E-state index contributed by atoms with van der Waals surface area (Å²) in [6.45, 7) is 10.6. The summed E-state index contributed by atoms with van der Waals surface area (Å²) in [5, 5.41) is 0. The number of carbonyl (C=O) groups is 2. The van der Waals surface area contributed by atoms with Crippen LogP contribution < -0.4 is 0 Å². The molecule has 0 aliphatic carbocycles. The van der Waals surface area contributed by atoms with Gasteiger partial charge in [0.1, 0.15) is 6.61 Å². The van der Waals surface area contributed by atoms with Crippen molar-refractivity contribution in [2.45, 2.75) is 39.5 Å². The Morgan fingerprint density at radius 3 is 2.00 bits per heavy atom. The van der Waals surface area contributed by atoms with Crippen molar-refractivity contribution in [3.8, 4) is 0 Å². The molecule has 1 unspecified atom stereocenters. The van der Waals surface area contributed by atoms with E-state index < -0.39 is 17.4 Å². The maximum absolute atomic E-state index is 12.8. The van der Waals surface area contributed by atoms with Gasteiger partial charge in [-0.25, -0.2) is 0 Å². The summed E-state index contributed by atoms with van der Waals surface area (Å²) in [7, 11) is 0. The fourth-order valence-corrected chi connectivity index (χ4v) is 2.72. The lowest BCUT2D eigenvalue weighted by molar-refractivity contribution is -0.165. The Kier molecular flexibility index (Phi) is 11.4. The van der Waals surface area contributed by atoms with Crippen molar-refractivity contribution in [3.05, 3.63) is 35.9 Å². The summed E-state index contributed by atoms with van der Waals surface area (Å²) in [6, 6.07) is 9.00. The number of hydrogen-bond acceptors (Lipinski definition) is 5. The Morgan fingerprint density at radius 2 is 1.52 bits per heavy atom. The zero-order valence-electron chi connectivity index (χ0n) is 15.6. The summed E-state index contributed by atoms with van der Waals surface area (Å²) < 4.78 is 10.7. The largest absolute Gasteiger partial charge is 0.465 e. The Bertz CT molecular complexity index is 519. The molecule has 1 atom stereocenters. The van der Waals surface area contributed by atoms with Crippen molar-refractivity contribution < 1.29 is 19.1 Å². The lowest BCUT2D eigenvalue weighted by Crippen LogP contribution is -2.46. The van der Waals surface area contributed by atoms with E-state index in [2.05, 4.69) is 18.7 Å². The lowest BCUT2D eigenvalue weighted by Gasteiger charge is -2.29. The number of rotatable bonds is 10. The third kappa shape index (κ3) is 5.82. The summed E-state index contributed by atoms with van der Waals surface area (Å²) in [6.07, 6.45) is 0.292. The van der Waals surface area contributed by atoms with Gasteiger partial charge in [-0.15, -0.1) is 17.0 Å². The molecule has 0 radical (unpaired) electrons. The van der Waals surface area contributed by atoms with E-state index in [9.17, 15) is 9.59 Å². The second kappa shape index (κ2) is 12.0. The number of hydrogen-bond donors (Lipinski definition) is 0. The molecule has 0 N–H and O–H groups in total. The van der Waals surface area contributed by atoms with Gasteiger partial charge in [0.05, 0.1) is 6.61 Å². The average molecular weight is 416 g/mol. The van der Waals surface area contributed by atoms with Crippen LogP contribution in [-0.2, 0) is 24.5 Å². The van der Waals surface area contributed by atoms with Gasteiger partial charge in [-0.1, -0.05) is 51.1 Å². The van der Waals surface area contributed by atoms with Crippen molar-refractivity contribution in [2.24, 2.45) is 0 Å². The van der Waals surface area contributed by atoms with Crippen LogP contribution in [0.25, 0.3) is 0 Å². The molecule has 0 heterocycles. The van der Waals surface area contributed by atoms with Crippen molar-refractivity contribution in [2.75, 3.05) is 32.8 Å². The molecule has 0 bridgehead atoms. The number of ether oxygens (including phenoxy) is 2. The number of carbonyl (C=O) groups excluding carboxylic acids is 2. The molecule has 0 fully saturated rings. The van der Waals surface area contributed by atoms with Crippen LogP contribution in [-0.4, -0.2) is 49.7 Å². The van der Waals surface area contributed by atoms with E-state index in [-0.39, 0.29) is 30.2 Å². The van der Waals surface area contributed by atoms with Crippen LogP contribution in [0.1, 0.15) is 39.7 Å². The van der Waals surface area contributed by atoms with E-state index in [1.54, 1.807) is 26.0 Å². The number of esters is 2. The van der Waals surface area contributed by atoms with Gasteiger partial charge in [0.15, 0.2) is 5.41 Å². The Balaban J connectivity index is 0.00000576. The summed E-state index contributed by atoms with van der Waals surface area (Å²) in [5.41, 5.74) is -0.792. The minimum absolute atomic E-state index is 0. The number of benzene rings is 1. The van der Waals surface area contributed by atoms with Crippen LogP contribution in [0.15, 0.2) is 30.3 Å². The predicted molar refractivity (Wildman–Crippen MR) is 104 cm³/mol. The van der Waals surface area contributed by atoms with Crippen LogP contribution in [0.3, 0.4) is 0 Å². The van der Waals surface area contributed by atoms with Gasteiger partial charge in [0, 0.05) is 6.54 Å². The highest BCUT2D eigenvalue weighted by Gasteiger charge is 2.49. The maximum Gasteiger partial charge on any atom is 0.328 e. The first-order chi connectivity index (χ1) is 11.6. The van der Waals surface area contributed by atoms with Crippen LogP contribution >= 0.6 is 17.0 Å². The highest BCUT2D eigenvalue weighted by atomic mass is 79.9. The average Bonchev–Trinajstić information content (AvgIpc) is 2.61. The molecule has 6 heteroatoms. The maximum atomic E-state index is 12.8. The molecule has 25 heavy (non-hydrogen) atoms. The third-order valence-electron chi connectivity index (χ3n) is 4.30. The van der Waals surface area contributed by atoms with E-state index in [0.717, 1.165) is 13.1 Å². The first kappa shape index (κ1) is 23.6. The fraction of sp³-hybridized carbons (Fsp3) is 0.579. The molecular formula is C19H30BrNO4. The molecule has 1 rings (SSSR count). The second-order valence-corrected chi connectivity index (χ2v) is 5.51. The quantitative estimate of drug-likeness (QED) is 0.433. The third-order valence-corrected chi connectivity index (χ3v) is 4.30. The normalized spacial score (nSPS) is 12.8. The van der Waals surface area contributed by atoms with Crippen molar-refractivity contribution >= 4 is 28.9 Å². The molecule has 0 aromatic heterocycles. The van der Waals surface area contributed by atoms with Gasteiger partial charge in [-0.05, 0) is 32.0 Å². The molecule has 142 valence electrons. The zero-order valence-corrected chi connectivity index (χ0v) is 17.3. The van der Waals surface area contributed by atoms with Gasteiger partial charge in [-0.2, -0.15) is 0 Å². The highest BCUT2D eigenvalue weighted by Crippen LogP contribution is 2.31. The van der Waals surface area contributed by atoms with Crippen molar-refractivity contribution in [1.29, 1.82) is 0 Å². The molecule has 0 spiro atoms. The molecule has 1 aromatic carbocycles. The fourth-order valence-electron chi connectivity index (χ4n) is 2.72. The minimum atomic E-state index is -1.40. The molecule has 0 saturated heterocycles. The summed E-state index contributed by atoms with van der Waals surface area (Å²) in [4.78, 5) is 27.6. The standard InChI is InChI=1S/C19H29NO4.BrH/c1-5-19(17(21)23-8-4,16-12-10-9-11-13-16)18(22)24-15-14-20(6-2)7-3;/h9-13H,5-8,14-15H2,1-4H3;1H. The molecule has 0 amide bonds. The van der Waals surface area contributed by atoms with E-state index >= 15 is 0 Å². The number of likely N-dealkylation sites (N-methyl/N-ethyl adjacent to an activating group) is 1. The van der Waals surface area contributed by atoms with Crippen LogP contribution in [0.2, 0.25) is 0 Å². The molecule has 1 aromatic rings. The van der Waals surface area contributed by atoms with E-state index in [1.807, 2.05) is 18.2 Å². The zero-order chi connectivity index (χ0) is 18.0. The number of halogens is 1. The van der Waals surface area contributed by atoms with Gasteiger partial charge in [0.25, 0.3) is 0 Å². The SMILES string of the molecule is Br.CCOC(=O)C(CC)(C(=O)OCCN(CC)CC)c1ccccc1. The van der Waals surface area contributed by atoms with E-state index in [0.29, 0.717) is 18.5 Å². The molecular weight excluding hydrogens is 386 g/mol. The summed E-state index contributed by atoms with van der Waals surface area (Å²) in [5.74, 6) is -1.09. The Hall–Kier alpha value is -1.40. The van der Waals surface area contributed by atoms with Crippen molar-refractivity contribution in [3.63, 3.8) is 0 Å². The van der Waals surface area contributed by atoms with Crippen LogP contribution in [0.5, 0.6) is 0 Å². The molecule has 0 aliphatic rings. The van der Waals surface area contributed by atoms with Gasteiger partial charge in [0.2, 0.25) is 0 Å². The van der Waals surface area contributed by atoms with Gasteiger partial charge >= 0.3 is 11.9 Å². The Morgan fingerprint density at radius 1 is 0.960 bits per heavy atom. The van der Waals surface area contributed by atoms with Gasteiger partial charge < -0.3 is 14.4 Å². The predicted octanol–water partition coefficient (Wildman–Crippen LogP) is 3.36. The lowest BCUT2D eigenvalue weighted by atomic mass is 9.78. The van der Waals surface area contributed by atoms with Crippen molar-refractivity contribution in [1.82, 2.24) is 4.90 Å². The van der Waals surface area contributed by atoms with Gasteiger partial charge in [-0.3, -0.25) is 9.59 Å². The van der Waals surface area contributed by atoms with Crippen LogP contribution in [0.4, 0.5) is 0 Å². The van der Waals surface area contributed by atoms with E-state index in [4.69, 9.17) is 9.47 Å². The van der Waals surface area contributed by atoms with E-state index in [1.165, 1.54) is 0 Å². The summed E-state index contributed by atoms with van der Waals surface area (Å²) >= 11 is 0. The first-order valence-corrected chi connectivity index (χ1v) is 8.69.